The number of para-hydroxylation sites is 1. The van der Waals surface area contributed by atoms with Crippen LogP contribution in [0, 0.1) is 0 Å². The number of hydrogen-bond donors (Lipinski definition) is 1. The molecule has 0 amide bonds. The van der Waals surface area contributed by atoms with Gasteiger partial charge in [-0.15, -0.1) is 0 Å². The molecule has 0 radical (unpaired) electrons. The molecule has 12 heteroatoms. The molecule has 0 saturated heterocycles. The molecule has 3 aromatic carbocycles. The minimum absolute atomic E-state index is 0.175. The topological polar surface area (TPSA) is 146 Å². The smallest absolute Gasteiger partial charge is 0.279 e. The second-order valence-electron chi connectivity index (χ2n) is 7.45. The minimum Gasteiger partial charge on any atom is -0.279 e. The Labute approximate surface area is 212 Å². The summed E-state index contributed by atoms with van der Waals surface area (Å²) in [6.07, 6.45) is 2.79. The Morgan fingerprint density at radius 3 is 1.92 bits per heavy atom. The number of carbonyl (C=O) groups is 1. The molecule has 0 atom stereocenters. The van der Waals surface area contributed by atoms with Crippen LogP contribution in [0.3, 0.4) is 0 Å². The molecular weight excluding hydrogens is 518 g/mol. The van der Waals surface area contributed by atoms with Crippen LogP contribution in [0.5, 0.6) is 0 Å². The second-order valence-corrected chi connectivity index (χ2v) is 10.5. The summed E-state index contributed by atoms with van der Waals surface area (Å²) in [5, 5.41) is 1.20. The van der Waals surface area contributed by atoms with Gasteiger partial charge in [0.1, 0.15) is 12.0 Å². The summed E-state index contributed by atoms with van der Waals surface area (Å²) in [6.45, 7) is 0. The summed E-state index contributed by atoms with van der Waals surface area (Å²) < 4.78 is 57.1. The van der Waals surface area contributed by atoms with Crippen molar-refractivity contribution in [2.75, 3.05) is 0 Å². The molecule has 188 valence electrons. The monoisotopic (exact) mass is 537 g/mol. The van der Waals surface area contributed by atoms with Crippen molar-refractivity contribution in [3.8, 4) is 22.5 Å². The fraction of sp³-hybridized carbons (Fsp3) is 0. The Hall–Kier alpha value is -4.39. The number of imidazole rings is 1. The van der Waals surface area contributed by atoms with Crippen molar-refractivity contribution in [3.63, 3.8) is 0 Å². The number of aromatic nitrogens is 3. The molecule has 0 spiro atoms. The molecule has 0 aliphatic rings. The van der Waals surface area contributed by atoms with Crippen molar-refractivity contribution < 1.29 is 30.5 Å². The molecule has 0 aliphatic carbocycles. The molecule has 0 bridgehead atoms. The van der Waals surface area contributed by atoms with Crippen LogP contribution in [0.25, 0.3) is 33.4 Å². The zero-order valence-corrected chi connectivity index (χ0v) is 20.6. The standard InChI is InChI=1S/C16H12N2O7S2.C9H7N/c19-16(26(20,21)22)27(23,24)25-18-11-17-14(12-7-3-1-4-8-12)15(18)13-9-5-2-6-10-13;1-2-6-9-8(4-1)5-3-7-10-9/h1-11H,(H,20,21,22);1-7H. The Balaban J connectivity index is 0.000000265. The van der Waals surface area contributed by atoms with E-state index in [1.807, 2.05) is 30.5 Å². The van der Waals surface area contributed by atoms with Crippen LogP contribution < -0.4 is 4.28 Å². The van der Waals surface area contributed by atoms with Crippen molar-refractivity contribution in [3.05, 3.63) is 110 Å². The average molecular weight is 538 g/mol. The van der Waals surface area contributed by atoms with Gasteiger partial charge < -0.3 is 0 Å². The highest BCUT2D eigenvalue weighted by molar-refractivity contribution is 8.27. The average Bonchev–Trinajstić information content (AvgIpc) is 3.32. The third-order valence-corrected chi connectivity index (χ3v) is 7.37. The number of pyridine rings is 1. The lowest BCUT2D eigenvalue weighted by molar-refractivity contribution is 0.255. The van der Waals surface area contributed by atoms with Crippen molar-refractivity contribution in [2.24, 2.45) is 0 Å². The maximum atomic E-state index is 11.9. The van der Waals surface area contributed by atoms with Gasteiger partial charge >= 0.3 is 24.7 Å². The molecule has 2 heterocycles. The lowest BCUT2D eigenvalue weighted by Crippen LogP contribution is -2.31. The normalized spacial score (nSPS) is 11.4. The van der Waals surface area contributed by atoms with Crippen LogP contribution in [0.1, 0.15) is 0 Å². The Bertz CT molecular complexity index is 1690. The number of nitrogens with zero attached hydrogens (tertiary/aromatic N) is 3. The number of benzene rings is 3. The SMILES string of the molecule is O=C(S(=O)(=O)O)S(=O)(=O)On1cnc(-c2ccccc2)c1-c1ccccc1.c1ccc2ncccc2c1. The summed E-state index contributed by atoms with van der Waals surface area (Å²) in [6, 6.07) is 29.3. The maximum Gasteiger partial charge on any atom is 0.426 e. The van der Waals surface area contributed by atoms with Crippen molar-refractivity contribution in [2.45, 2.75) is 0 Å². The Morgan fingerprint density at radius 1 is 0.730 bits per heavy atom. The van der Waals surface area contributed by atoms with Crippen molar-refractivity contribution in [1.29, 1.82) is 0 Å². The summed E-state index contributed by atoms with van der Waals surface area (Å²) in [5.74, 6) is 0. The third kappa shape index (κ3) is 6.06. The van der Waals surface area contributed by atoms with E-state index < -0.39 is 24.7 Å². The van der Waals surface area contributed by atoms with E-state index >= 15 is 0 Å². The van der Waals surface area contributed by atoms with E-state index in [-0.39, 0.29) is 5.69 Å². The van der Waals surface area contributed by atoms with Crippen LogP contribution in [-0.4, -0.2) is 40.5 Å². The molecule has 0 saturated carbocycles. The first-order chi connectivity index (χ1) is 17.7. The molecule has 37 heavy (non-hydrogen) atoms. The molecule has 5 aromatic rings. The van der Waals surface area contributed by atoms with Gasteiger partial charge in [-0.05, 0) is 12.1 Å². The molecule has 10 nitrogen and oxygen atoms in total. The van der Waals surface area contributed by atoms with E-state index in [2.05, 4.69) is 26.4 Å². The number of fused-ring (bicyclic) bond motifs is 1. The molecule has 0 aliphatic heterocycles. The Morgan fingerprint density at radius 2 is 1.30 bits per heavy atom. The molecule has 0 unspecified atom stereocenters. The van der Waals surface area contributed by atoms with Crippen LogP contribution in [0.2, 0.25) is 0 Å². The first-order valence-corrected chi connectivity index (χ1v) is 13.5. The van der Waals surface area contributed by atoms with Crippen LogP contribution in [0.4, 0.5) is 4.79 Å². The van der Waals surface area contributed by atoms with Gasteiger partial charge in [0, 0.05) is 22.7 Å². The number of hydrogen-bond acceptors (Lipinski definition) is 8. The quantitative estimate of drug-likeness (QED) is 0.333. The van der Waals surface area contributed by atoms with Gasteiger partial charge in [-0.2, -0.15) is 21.6 Å². The van der Waals surface area contributed by atoms with E-state index in [1.165, 1.54) is 5.39 Å². The molecule has 2 aromatic heterocycles. The lowest BCUT2D eigenvalue weighted by Gasteiger charge is -2.10. The molecule has 1 N–H and O–H groups in total. The van der Waals surface area contributed by atoms with Gasteiger partial charge in [0.15, 0.2) is 0 Å². The Kier molecular flexibility index (Phi) is 7.43. The largest absolute Gasteiger partial charge is 0.426 e. The van der Waals surface area contributed by atoms with E-state index in [4.69, 9.17) is 4.55 Å². The summed E-state index contributed by atoms with van der Waals surface area (Å²) in [4.78, 5) is 19.7. The van der Waals surface area contributed by atoms with E-state index in [1.54, 1.807) is 60.7 Å². The van der Waals surface area contributed by atoms with Crippen molar-refractivity contribution in [1.82, 2.24) is 14.7 Å². The summed E-state index contributed by atoms with van der Waals surface area (Å²) >= 11 is 0. The molecule has 5 rings (SSSR count). The summed E-state index contributed by atoms with van der Waals surface area (Å²) in [7, 11) is -10.8. The molecule has 0 fully saturated rings. The number of rotatable bonds is 4. The van der Waals surface area contributed by atoms with E-state index in [9.17, 15) is 21.6 Å². The zero-order valence-electron chi connectivity index (χ0n) is 18.9. The van der Waals surface area contributed by atoms with Gasteiger partial charge in [0.2, 0.25) is 0 Å². The predicted octanol–water partition coefficient (Wildman–Crippen LogP) is 4.22. The second kappa shape index (κ2) is 10.7. The maximum absolute atomic E-state index is 11.9. The first-order valence-electron chi connectivity index (χ1n) is 10.6. The minimum atomic E-state index is -5.49. The van der Waals surface area contributed by atoms with Gasteiger partial charge in [-0.3, -0.25) is 18.6 Å². The lowest BCUT2D eigenvalue weighted by atomic mass is 10.1. The fourth-order valence-corrected chi connectivity index (χ4v) is 4.85. The fourth-order valence-electron chi connectivity index (χ4n) is 3.34. The van der Waals surface area contributed by atoms with Gasteiger partial charge in [-0.1, -0.05) is 84.9 Å². The first kappa shape index (κ1) is 25.7. The summed E-state index contributed by atoms with van der Waals surface area (Å²) in [5.41, 5.74) is 2.72. The van der Waals surface area contributed by atoms with E-state index in [0.717, 1.165) is 11.8 Å². The third-order valence-electron chi connectivity index (χ3n) is 4.94. The van der Waals surface area contributed by atoms with Crippen LogP contribution in [0.15, 0.2) is 110 Å². The highest BCUT2D eigenvalue weighted by Crippen LogP contribution is 2.30. The van der Waals surface area contributed by atoms with Gasteiger partial charge in [0.05, 0.1) is 11.2 Å². The highest BCUT2D eigenvalue weighted by atomic mass is 32.3. The van der Waals surface area contributed by atoms with Crippen LogP contribution in [-0.2, 0) is 20.2 Å². The number of carbonyl (C=O) groups excluding carboxylic acids is 1. The molecular formula is C25H19N3O7S2. The van der Waals surface area contributed by atoms with Crippen molar-refractivity contribution >= 4 is 35.6 Å². The van der Waals surface area contributed by atoms with Gasteiger partial charge in [0.25, 0.3) is 0 Å². The zero-order chi connectivity index (χ0) is 26.5. The highest BCUT2D eigenvalue weighted by Gasteiger charge is 2.37. The predicted molar refractivity (Wildman–Crippen MR) is 137 cm³/mol. The van der Waals surface area contributed by atoms with Gasteiger partial charge in [-0.25, -0.2) is 4.98 Å². The van der Waals surface area contributed by atoms with Crippen LogP contribution >= 0.6 is 0 Å². The van der Waals surface area contributed by atoms with E-state index in [0.29, 0.717) is 21.6 Å².